The molecule has 0 radical (unpaired) electrons. The number of hydrogen-bond acceptors (Lipinski definition) is 4. The average molecular weight is 292 g/mol. The Kier molecular flexibility index (Phi) is 3.99. The highest BCUT2D eigenvalue weighted by Gasteiger charge is 2.30. The molecule has 1 amide bonds. The predicted octanol–water partition coefficient (Wildman–Crippen LogP) is 0.670. The number of morpholine rings is 1. The van der Waals surface area contributed by atoms with Gasteiger partial charge in [0, 0.05) is 31.7 Å². The number of carbonyl (C=O) groups is 1. The highest BCUT2D eigenvalue weighted by Crippen LogP contribution is 2.19. The summed E-state index contributed by atoms with van der Waals surface area (Å²) in [5.41, 5.74) is 1.87. The van der Waals surface area contributed by atoms with Gasteiger partial charge in [0.05, 0.1) is 30.7 Å². The van der Waals surface area contributed by atoms with Crippen molar-refractivity contribution in [3.8, 4) is 0 Å². The van der Waals surface area contributed by atoms with Gasteiger partial charge in [0.15, 0.2) is 0 Å². The molecule has 0 aromatic carbocycles. The van der Waals surface area contributed by atoms with Crippen molar-refractivity contribution in [2.45, 2.75) is 38.8 Å². The van der Waals surface area contributed by atoms with Crippen molar-refractivity contribution < 1.29 is 9.53 Å². The molecule has 0 bridgehead atoms. The topological polar surface area (TPSA) is 59.4 Å². The van der Waals surface area contributed by atoms with Crippen molar-refractivity contribution in [2.75, 3.05) is 32.8 Å². The van der Waals surface area contributed by atoms with Gasteiger partial charge in [-0.2, -0.15) is 5.10 Å². The summed E-state index contributed by atoms with van der Waals surface area (Å²) in [6.07, 6.45) is 3.74. The molecular weight excluding hydrogens is 268 g/mol. The van der Waals surface area contributed by atoms with Gasteiger partial charge < -0.3 is 10.1 Å². The summed E-state index contributed by atoms with van der Waals surface area (Å²) in [5.74, 6) is 0.00390. The zero-order valence-electron chi connectivity index (χ0n) is 12.9. The number of rotatable bonds is 4. The molecule has 0 aliphatic carbocycles. The largest absolute Gasteiger partial charge is 0.378 e. The summed E-state index contributed by atoms with van der Waals surface area (Å²) in [5, 5.41) is 7.29. The Morgan fingerprint density at radius 1 is 1.48 bits per heavy atom. The number of nitrogens with one attached hydrogen (secondary N) is 1. The first kappa shape index (κ1) is 14.5. The third-order valence-electron chi connectivity index (χ3n) is 4.46. The molecule has 3 rings (SSSR count). The summed E-state index contributed by atoms with van der Waals surface area (Å²) in [4.78, 5) is 14.6. The Labute approximate surface area is 125 Å². The maximum atomic E-state index is 12.3. The highest BCUT2D eigenvalue weighted by atomic mass is 16.5. The van der Waals surface area contributed by atoms with E-state index in [0.29, 0.717) is 6.54 Å². The zero-order chi connectivity index (χ0) is 14.9. The first-order valence-corrected chi connectivity index (χ1v) is 7.73. The van der Waals surface area contributed by atoms with Crippen molar-refractivity contribution >= 4 is 5.91 Å². The number of nitrogens with zero attached hydrogens (tertiary/aromatic N) is 3. The monoisotopic (exact) mass is 292 g/mol. The average Bonchev–Trinajstić information content (AvgIpc) is 3.02. The fourth-order valence-corrected chi connectivity index (χ4v) is 3.16. The van der Waals surface area contributed by atoms with Crippen LogP contribution in [0.3, 0.4) is 0 Å². The van der Waals surface area contributed by atoms with Crippen LogP contribution in [-0.2, 0) is 17.7 Å². The molecule has 116 valence electrons. The number of aryl methyl sites for hydroxylation is 1. The van der Waals surface area contributed by atoms with Gasteiger partial charge in [-0.3, -0.25) is 14.4 Å². The van der Waals surface area contributed by atoms with Crippen molar-refractivity contribution in [3.05, 3.63) is 17.5 Å². The van der Waals surface area contributed by atoms with E-state index >= 15 is 0 Å². The Morgan fingerprint density at radius 3 is 3.14 bits per heavy atom. The SMILES string of the molecule is CC1(C)COCCN1CCNC(=O)c1cnn2c1CCC2. The molecule has 1 N–H and O–H groups in total. The molecule has 1 fully saturated rings. The summed E-state index contributed by atoms with van der Waals surface area (Å²) in [6, 6.07) is 0. The standard InChI is InChI=1S/C15H24N4O2/c1-15(2)11-21-9-8-18(15)7-5-16-14(20)12-10-17-19-6-3-4-13(12)19/h10H,3-9,11H2,1-2H3,(H,16,20). The Hall–Kier alpha value is -1.40. The number of hydrogen-bond donors (Lipinski definition) is 1. The van der Waals surface area contributed by atoms with Crippen LogP contribution in [0.5, 0.6) is 0 Å². The van der Waals surface area contributed by atoms with E-state index in [-0.39, 0.29) is 11.4 Å². The molecule has 0 spiro atoms. The Balaban J connectivity index is 1.52. The second kappa shape index (κ2) is 5.77. The van der Waals surface area contributed by atoms with Crippen LogP contribution in [0.25, 0.3) is 0 Å². The van der Waals surface area contributed by atoms with Crippen molar-refractivity contribution in [1.29, 1.82) is 0 Å². The summed E-state index contributed by atoms with van der Waals surface area (Å²) in [6.45, 7) is 9.25. The molecule has 21 heavy (non-hydrogen) atoms. The van der Waals surface area contributed by atoms with Gasteiger partial charge in [0.2, 0.25) is 0 Å². The summed E-state index contributed by atoms with van der Waals surface area (Å²) in [7, 11) is 0. The fraction of sp³-hybridized carbons (Fsp3) is 0.733. The molecule has 0 atom stereocenters. The second-order valence-corrected chi connectivity index (χ2v) is 6.44. The molecule has 0 unspecified atom stereocenters. The molecular formula is C15H24N4O2. The predicted molar refractivity (Wildman–Crippen MR) is 79.4 cm³/mol. The van der Waals surface area contributed by atoms with Gasteiger partial charge in [0.25, 0.3) is 5.91 Å². The van der Waals surface area contributed by atoms with Gasteiger partial charge in [-0.25, -0.2) is 0 Å². The minimum absolute atomic E-state index is 0.00390. The third-order valence-corrected chi connectivity index (χ3v) is 4.46. The van der Waals surface area contributed by atoms with Crippen LogP contribution in [0.1, 0.15) is 36.3 Å². The van der Waals surface area contributed by atoms with E-state index in [9.17, 15) is 4.79 Å². The Bertz CT molecular complexity index is 524. The lowest BCUT2D eigenvalue weighted by molar-refractivity contribution is -0.0498. The van der Waals surface area contributed by atoms with Gasteiger partial charge in [-0.15, -0.1) is 0 Å². The van der Waals surface area contributed by atoms with Crippen LogP contribution in [0.2, 0.25) is 0 Å². The van der Waals surface area contributed by atoms with Gasteiger partial charge in [-0.1, -0.05) is 0 Å². The van der Waals surface area contributed by atoms with Crippen LogP contribution < -0.4 is 5.32 Å². The van der Waals surface area contributed by atoms with Crippen LogP contribution in [0.15, 0.2) is 6.20 Å². The van der Waals surface area contributed by atoms with Gasteiger partial charge >= 0.3 is 0 Å². The normalized spacial score (nSPS) is 21.2. The van der Waals surface area contributed by atoms with Crippen LogP contribution >= 0.6 is 0 Å². The lowest BCUT2D eigenvalue weighted by Gasteiger charge is -2.42. The molecule has 1 aromatic rings. The fourth-order valence-electron chi connectivity index (χ4n) is 3.16. The van der Waals surface area contributed by atoms with E-state index in [2.05, 4.69) is 29.2 Å². The lowest BCUT2D eigenvalue weighted by Crippen LogP contribution is -2.54. The van der Waals surface area contributed by atoms with Crippen LogP contribution in [0, 0.1) is 0 Å². The molecule has 6 heteroatoms. The van der Waals surface area contributed by atoms with E-state index in [1.807, 2.05) is 4.68 Å². The molecule has 0 saturated carbocycles. The molecule has 1 saturated heterocycles. The van der Waals surface area contributed by atoms with E-state index in [1.165, 1.54) is 0 Å². The Morgan fingerprint density at radius 2 is 2.33 bits per heavy atom. The minimum atomic E-state index is 0.00390. The van der Waals surface area contributed by atoms with E-state index in [0.717, 1.165) is 56.9 Å². The van der Waals surface area contributed by atoms with E-state index in [4.69, 9.17) is 4.74 Å². The quantitative estimate of drug-likeness (QED) is 0.886. The number of fused-ring (bicyclic) bond motifs is 1. The van der Waals surface area contributed by atoms with Crippen molar-refractivity contribution in [3.63, 3.8) is 0 Å². The maximum Gasteiger partial charge on any atom is 0.254 e. The zero-order valence-corrected chi connectivity index (χ0v) is 12.9. The van der Waals surface area contributed by atoms with Gasteiger partial charge in [0.1, 0.15) is 0 Å². The number of ether oxygens (including phenoxy) is 1. The maximum absolute atomic E-state index is 12.3. The van der Waals surface area contributed by atoms with Crippen molar-refractivity contribution in [1.82, 2.24) is 20.0 Å². The molecule has 3 heterocycles. The van der Waals surface area contributed by atoms with Crippen LogP contribution in [0.4, 0.5) is 0 Å². The number of carbonyl (C=O) groups excluding carboxylic acids is 1. The van der Waals surface area contributed by atoms with Crippen molar-refractivity contribution in [2.24, 2.45) is 0 Å². The molecule has 1 aromatic heterocycles. The third kappa shape index (κ3) is 2.96. The smallest absolute Gasteiger partial charge is 0.254 e. The van der Waals surface area contributed by atoms with Gasteiger partial charge in [-0.05, 0) is 26.7 Å². The van der Waals surface area contributed by atoms with Crippen LogP contribution in [-0.4, -0.2) is 59.0 Å². The minimum Gasteiger partial charge on any atom is -0.378 e. The first-order chi connectivity index (χ1) is 10.1. The molecule has 6 nitrogen and oxygen atoms in total. The first-order valence-electron chi connectivity index (χ1n) is 7.73. The number of amides is 1. The lowest BCUT2D eigenvalue weighted by atomic mass is 10.0. The summed E-state index contributed by atoms with van der Waals surface area (Å²) < 4.78 is 7.46. The van der Waals surface area contributed by atoms with E-state index < -0.39 is 0 Å². The summed E-state index contributed by atoms with van der Waals surface area (Å²) >= 11 is 0. The van der Waals surface area contributed by atoms with E-state index in [1.54, 1.807) is 6.20 Å². The molecule has 2 aliphatic heterocycles. The molecule has 2 aliphatic rings. The highest BCUT2D eigenvalue weighted by molar-refractivity contribution is 5.95. The second-order valence-electron chi connectivity index (χ2n) is 6.44. The number of aromatic nitrogens is 2.